The van der Waals surface area contributed by atoms with Crippen LogP contribution in [0.5, 0.6) is 0 Å². The highest BCUT2D eigenvalue weighted by atomic mass is 16.2. The topological polar surface area (TPSA) is 74.8 Å². The van der Waals surface area contributed by atoms with Crippen molar-refractivity contribution in [3.05, 3.63) is 28.2 Å². The van der Waals surface area contributed by atoms with Gasteiger partial charge in [-0.05, 0) is 24.8 Å². The van der Waals surface area contributed by atoms with E-state index >= 15 is 0 Å². The average Bonchev–Trinajstić information content (AvgIpc) is 2.16. The Bertz CT molecular complexity index is 389. The highest BCUT2D eigenvalue weighted by molar-refractivity contribution is 5.91. The Morgan fingerprint density at radius 1 is 1.53 bits per heavy atom. The molecule has 1 aliphatic rings. The van der Waals surface area contributed by atoms with Crippen molar-refractivity contribution >= 4 is 5.91 Å². The first-order valence-electron chi connectivity index (χ1n) is 5.09. The molecule has 0 aliphatic heterocycles. The molecule has 1 aliphatic carbocycles. The lowest BCUT2D eigenvalue weighted by Crippen LogP contribution is -2.33. The standard InChI is InChI=1S/C10H13N3O2/c14-9-5-4-8(12-13-9)10(15)11-6-7-2-1-3-7/h4-5,7H,1-3,6H2,(H,11,15)(H,13,14). The van der Waals surface area contributed by atoms with Crippen LogP contribution < -0.4 is 10.9 Å². The highest BCUT2D eigenvalue weighted by Crippen LogP contribution is 2.25. The van der Waals surface area contributed by atoms with Crippen LogP contribution in [0, 0.1) is 5.92 Å². The van der Waals surface area contributed by atoms with Crippen LogP contribution in [0.25, 0.3) is 0 Å². The minimum absolute atomic E-state index is 0.224. The summed E-state index contributed by atoms with van der Waals surface area (Å²) in [5.74, 6) is 0.398. The van der Waals surface area contributed by atoms with Gasteiger partial charge in [-0.15, -0.1) is 0 Å². The number of aromatic amines is 1. The summed E-state index contributed by atoms with van der Waals surface area (Å²) >= 11 is 0. The number of hydrogen-bond acceptors (Lipinski definition) is 3. The van der Waals surface area contributed by atoms with Crippen molar-refractivity contribution in [2.45, 2.75) is 19.3 Å². The number of nitrogens with zero attached hydrogens (tertiary/aromatic N) is 1. The number of rotatable bonds is 3. The zero-order chi connectivity index (χ0) is 10.7. The Hall–Kier alpha value is -1.65. The summed E-state index contributed by atoms with van der Waals surface area (Å²) in [4.78, 5) is 22.2. The van der Waals surface area contributed by atoms with Gasteiger partial charge in [-0.2, -0.15) is 5.10 Å². The predicted molar refractivity (Wildman–Crippen MR) is 54.5 cm³/mol. The molecule has 5 nitrogen and oxygen atoms in total. The molecule has 0 bridgehead atoms. The van der Waals surface area contributed by atoms with Crippen molar-refractivity contribution in [2.24, 2.45) is 5.92 Å². The largest absolute Gasteiger partial charge is 0.350 e. The smallest absolute Gasteiger partial charge is 0.271 e. The van der Waals surface area contributed by atoms with Gasteiger partial charge >= 0.3 is 0 Å². The van der Waals surface area contributed by atoms with Gasteiger partial charge in [0.15, 0.2) is 0 Å². The van der Waals surface area contributed by atoms with Gasteiger partial charge in [0, 0.05) is 12.6 Å². The molecule has 0 unspecified atom stereocenters. The fourth-order valence-corrected chi connectivity index (χ4v) is 1.50. The second kappa shape index (κ2) is 4.25. The van der Waals surface area contributed by atoms with E-state index in [1.165, 1.54) is 31.4 Å². The Kier molecular flexibility index (Phi) is 2.80. The van der Waals surface area contributed by atoms with Crippen molar-refractivity contribution in [1.82, 2.24) is 15.5 Å². The van der Waals surface area contributed by atoms with Crippen molar-refractivity contribution in [1.29, 1.82) is 0 Å². The van der Waals surface area contributed by atoms with Crippen LogP contribution in [0.4, 0.5) is 0 Å². The number of nitrogens with one attached hydrogen (secondary N) is 2. The molecule has 80 valence electrons. The van der Waals surface area contributed by atoms with Crippen LogP contribution in [0.3, 0.4) is 0 Å². The zero-order valence-electron chi connectivity index (χ0n) is 8.32. The molecular formula is C10H13N3O2. The molecular weight excluding hydrogens is 194 g/mol. The number of H-pyrrole nitrogens is 1. The van der Waals surface area contributed by atoms with Gasteiger partial charge in [0.2, 0.25) is 0 Å². The number of aromatic nitrogens is 2. The normalized spacial score (nSPS) is 15.7. The lowest BCUT2D eigenvalue weighted by Gasteiger charge is -2.25. The number of amides is 1. The second-order valence-corrected chi connectivity index (χ2v) is 3.81. The van der Waals surface area contributed by atoms with E-state index in [9.17, 15) is 9.59 Å². The average molecular weight is 207 g/mol. The first-order valence-corrected chi connectivity index (χ1v) is 5.09. The van der Waals surface area contributed by atoms with E-state index in [1.54, 1.807) is 0 Å². The second-order valence-electron chi connectivity index (χ2n) is 3.81. The van der Waals surface area contributed by atoms with Crippen LogP contribution in [0.15, 0.2) is 16.9 Å². The van der Waals surface area contributed by atoms with Gasteiger partial charge in [0.25, 0.3) is 11.5 Å². The summed E-state index contributed by atoms with van der Waals surface area (Å²) in [5.41, 5.74) is -0.0422. The maximum absolute atomic E-state index is 11.5. The third-order valence-corrected chi connectivity index (χ3v) is 2.69. The summed E-state index contributed by atoms with van der Waals surface area (Å²) in [7, 11) is 0. The fourth-order valence-electron chi connectivity index (χ4n) is 1.50. The van der Waals surface area contributed by atoms with E-state index in [4.69, 9.17) is 0 Å². The molecule has 1 saturated carbocycles. The maximum Gasteiger partial charge on any atom is 0.271 e. The third kappa shape index (κ3) is 2.43. The number of carbonyl (C=O) groups is 1. The van der Waals surface area contributed by atoms with Crippen LogP contribution in [-0.2, 0) is 0 Å². The van der Waals surface area contributed by atoms with Gasteiger partial charge in [-0.3, -0.25) is 9.59 Å². The van der Waals surface area contributed by atoms with Crippen LogP contribution in [-0.4, -0.2) is 22.6 Å². The summed E-state index contributed by atoms with van der Waals surface area (Å²) < 4.78 is 0. The fraction of sp³-hybridized carbons (Fsp3) is 0.500. The molecule has 1 heterocycles. The molecule has 0 aromatic carbocycles. The molecule has 1 amide bonds. The number of hydrogen-bond donors (Lipinski definition) is 2. The maximum atomic E-state index is 11.5. The van der Waals surface area contributed by atoms with Crippen molar-refractivity contribution in [3.63, 3.8) is 0 Å². The lowest BCUT2D eigenvalue weighted by atomic mass is 9.85. The van der Waals surface area contributed by atoms with Gasteiger partial charge in [0.05, 0.1) is 0 Å². The van der Waals surface area contributed by atoms with Crippen molar-refractivity contribution < 1.29 is 4.79 Å². The van der Waals surface area contributed by atoms with E-state index < -0.39 is 0 Å². The summed E-state index contributed by atoms with van der Waals surface area (Å²) in [5, 5.41) is 8.68. The van der Waals surface area contributed by atoms with Crippen LogP contribution in [0.2, 0.25) is 0 Å². The van der Waals surface area contributed by atoms with Crippen LogP contribution >= 0.6 is 0 Å². The first kappa shape index (κ1) is 9.89. The summed E-state index contributed by atoms with van der Waals surface area (Å²) in [6.45, 7) is 0.708. The third-order valence-electron chi connectivity index (χ3n) is 2.69. The molecule has 2 rings (SSSR count). The minimum Gasteiger partial charge on any atom is -0.350 e. The zero-order valence-corrected chi connectivity index (χ0v) is 8.32. The Morgan fingerprint density at radius 2 is 2.33 bits per heavy atom. The molecule has 1 fully saturated rings. The van der Waals surface area contributed by atoms with Gasteiger partial charge in [-0.1, -0.05) is 6.42 Å². The lowest BCUT2D eigenvalue weighted by molar-refractivity contribution is 0.0933. The Labute approximate surface area is 86.9 Å². The molecule has 5 heteroatoms. The molecule has 0 radical (unpaired) electrons. The molecule has 0 spiro atoms. The van der Waals surface area contributed by atoms with Crippen molar-refractivity contribution in [3.8, 4) is 0 Å². The predicted octanol–water partition coefficient (Wildman–Crippen LogP) is 0.300. The summed E-state index contributed by atoms with van der Waals surface area (Å²) in [6, 6.07) is 2.72. The van der Waals surface area contributed by atoms with E-state index in [0.29, 0.717) is 12.5 Å². The van der Waals surface area contributed by atoms with Gasteiger partial charge in [-0.25, -0.2) is 5.10 Å². The van der Waals surface area contributed by atoms with Gasteiger partial charge in [0.1, 0.15) is 5.69 Å². The molecule has 0 atom stereocenters. The molecule has 2 N–H and O–H groups in total. The Balaban J connectivity index is 1.89. The van der Waals surface area contributed by atoms with E-state index in [2.05, 4.69) is 15.5 Å². The minimum atomic E-state index is -0.300. The SMILES string of the molecule is O=C(NCC1CCC1)c1ccc(=O)[nH]n1. The van der Waals surface area contributed by atoms with Gasteiger partial charge < -0.3 is 5.32 Å². The van der Waals surface area contributed by atoms with Crippen LogP contribution in [0.1, 0.15) is 29.8 Å². The number of carbonyl (C=O) groups excluding carboxylic acids is 1. The molecule has 0 saturated heterocycles. The molecule has 15 heavy (non-hydrogen) atoms. The monoisotopic (exact) mass is 207 g/mol. The van der Waals surface area contributed by atoms with E-state index in [-0.39, 0.29) is 17.2 Å². The Morgan fingerprint density at radius 3 is 2.87 bits per heavy atom. The molecule has 1 aromatic rings. The van der Waals surface area contributed by atoms with E-state index in [0.717, 1.165) is 0 Å². The van der Waals surface area contributed by atoms with Crippen molar-refractivity contribution in [2.75, 3.05) is 6.54 Å². The summed E-state index contributed by atoms with van der Waals surface area (Å²) in [6.07, 6.45) is 3.65. The highest BCUT2D eigenvalue weighted by Gasteiger charge is 2.18. The molecule has 1 aromatic heterocycles. The van der Waals surface area contributed by atoms with E-state index in [1.807, 2.05) is 0 Å². The quantitative estimate of drug-likeness (QED) is 0.748. The first-order chi connectivity index (χ1) is 7.25.